The van der Waals surface area contributed by atoms with E-state index < -0.39 is 0 Å². The van der Waals surface area contributed by atoms with E-state index in [4.69, 9.17) is 0 Å². The van der Waals surface area contributed by atoms with Crippen molar-refractivity contribution in [3.8, 4) is 0 Å². The lowest BCUT2D eigenvalue weighted by atomic mass is 9.88. The summed E-state index contributed by atoms with van der Waals surface area (Å²) in [5.74, 6) is 0.755. The van der Waals surface area contributed by atoms with Crippen LogP contribution in [0.2, 0.25) is 0 Å². The minimum Gasteiger partial charge on any atom is -0.340 e. The van der Waals surface area contributed by atoms with Crippen LogP contribution in [-0.2, 0) is 4.79 Å². The quantitative estimate of drug-likeness (QED) is 0.700. The Morgan fingerprint density at radius 1 is 1.25 bits per heavy atom. The summed E-state index contributed by atoms with van der Waals surface area (Å²) in [6.45, 7) is 7.44. The minimum absolute atomic E-state index is 0.328. The summed E-state index contributed by atoms with van der Waals surface area (Å²) in [6, 6.07) is 0.411. The zero-order valence-electron chi connectivity index (χ0n) is 11.2. The first kappa shape index (κ1) is 13.5. The fourth-order valence-corrected chi connectivity index (χ4v) is 2.59. The molecule has 1 rings (SSSR count). The van der Waals surface area contributed by atoms with Gasteiger partial charge < -0.3 is 4.90 Å². The first-order valence-corrected chi connectivity index (χ1v) is 7.01. The highest BCUT2D eigenvalue weighted by Crippen LogP contribution is 2.26. The van der Waals surface area contributed by atoms with Crippen LogP contribution in [0.3, 0.4) is 0 Å². The van der Waals surface area contributed by atoms with Gasteiger partial charge in [0, 0.05) is 18.5 Å². The molecule has 1 aliphatic carbocycles. The van der Waals surface area contributed by atoms with Gasteiger partial charge in [0.2, 0.25) is 5.91 Å². The summed E-state index contributed by atoms with van der Waals surface area (Å²) in [5.41, 5.74) is 0. The largest absolute Gasteiger partial charge is 0.340 e. The van der Waals surface area contributed by atoms with Crippen LogP contribution < -0.4 is 0 Å². The van der Waals surface area contributed by atoms with E-state index >= 15 is 0 Å². The van der Waals surface area contributed by atoms with Crippen molar-refractivity contribution in [2.75, 3.05) is 6.54 Å². The van der Waals surface area contributed by atoms with Gasteiger partial charge in [-0.15, -0.1) is 0 Å². The summed E-state index contributed by atoms with van der Waals surface area (Å²) in [5, 5.41) is 0. The maximum Gasteiger partial charge on any atom is 0.225 e. The summed E-state index contributed by atoms with van der Waals surface area (Å²) in [4.78, 5) is 14.5. The van der Waals surface area contributed by atoms with Gasteiger partial charge in [0.25, 0.3) is 0 Å². The molecule has 0 spiro atoms. The van der Waals surface area contributed by atoms with Crippen molar-refractivity contribution in [3.63, 3.8) is 0 Å². The summed E-state index contributed by atoms with van der Waals surface area (Å²) in [7, 11) is 0. The molecule has 0 N–H and O–H groups in total. The van der Waals surface area contributed by atoms with Gasteiger partial charge in [-0.3, -0.25) is 4.79 Å². The lowest BCUT2D eigenvalue weighted by molar-refractivity contribution is -0.138. The molecular weight excluding hydrogens is 198 g/mol. The zero-order valence-corrected chi connectivity index (χ0v) is 11.2. The molecule has 0 aromatic rings. The third-order valence-electron chi connectivity index (χ3n) is 3.82. The fraction of sp³-hybridized carbons (Fsp3) is 0.929. The van der Waals surface area contributed by atoms with E-state index in [2.05, 4.69) is 25.7 Å². The van der Waals surface area contributed by atoms with E-state index in [1.54, 1.807) is 0 Å². The number of rotatable bonds is 5. The molecule has 0 aromatic heterocycles. The molecule has 1 aliphatic rings. The molecule has 2 heteroatoms. The average Bonchev–Trinajstić information content (AvgIpc) is 2.35. The monoisotopic (exact) mass is 225 g/mol. The molecule has 0 saturated heterocycles. The van der Waals surface area contributed by atoms with E-state index in [0.717, 1.165) is 32.2 Å². The number of carbonyl (C=O) groups excluding carboxylic acids is 1. The van der Waals surface area contributed by atoms with Crippen LogP contribution in [-0.4, -0.2) is 23.4 Å². The Hall–Kier alpha value is -0.530. The summed E-state index contributed by atoms with van der Waals surface area (Å²) >= 11 is 0. The first-order valence-electron chi connectivity index (χ1n) is 7.01. The van der Waals surface area contributed by atoms with Crippen molar-refractivity contribution in [2.24, 2.45) is 5.92 Å². The Labute approximate surface area is 100 Å². The Bertz CT molecular complexity index is 209. The topological polar surface area (TPSA) is 20.3 Å². The predicted octanol–water partition coefficient (Wildman–Crippen LogP) is 3.60. The van der Waals surface area contributed by atoms with Crippen molar-refractivity contribution in [2.45, 2.75) is 71.8 Å². The smallest absolute Gasteiger partial charge is 0.225 e. The molecule has 1 unspecified atom stereocenters. The number of hydrogen-bond acceptors (Lipinski definition) is 1. The number of carbonyl (C=O) groups is 1. The first-order chi connectivity index (χ1) is 7.70. The molecular formula is C14H27NO. The summed E-state index contributed by atoms with van der Waals surface area (Å²) < 4.78 is 0. The summed E-state index contributed by atoms with van der Waals surface area (Å²) in [6.07, 6.45) is 8.20. The van der Waals surface area contributed by atoms with E-state index in [9.17, 15) is 4.79 Å². The van der Waals surface area contributed by atoms with Crippen LogP contribution in [0.5, 0.6) is 0 Å². The van der Waals surface area contributed by atoms with Crippen LogP contribution in [0.15, 0.2) is 0 Å². The van der Waals surface area contributed by atoms with E-state index in [0.29, 0.717) is 17.9 Å². The van der Waals surface area contributed by atoms with Crippen molar-refractivity contribution in [3.05, 3.63) is 0 Å². The minimum atomic E-state index is 0.328. The van der Waals surface area contributed by atoms with Crippen molar-refractivity contribution >= 4 is 5.91 Å². The van der Waals surface area contributed by atoms with Crippen LogP contribution in [0.25, 0.3) is 0 Å². The molecule has 1 atom stereocenters. The van der Waals surface area contributed by atoms with Crippen molar-refractivity contribution < 1.29 is 4.79 Å². The standard InChI is InChI=1S/C14H27NO/c1-4-11-15(12(3)5-2)14(16)13-9-7-6-8-10-13/h12-13H,4-11H2,1-3H3. The van der Waals surface area contributed by atoms with Crippen LogP contribution in [0, 0.1) is 5.92 Å². The second-order valence-corrected chi connectivity index (χ2v) is 5.12. The highest BCUT2D eigenvalue weighted by atomic mass is 16.2. The number of nitrogens with zero attached hydrogens (tertiary/aromatic N) is 1. The van der Waals surface area contributed by atoms with Crippen LogP contribution in [0.1, 0.15) is 65.7 Å². The van der Waals surface area contributed by atoms with Gasteiger partial charge in [-0.1, -0.05) is 33.1 Å². The molecule has 0 heterocycles. The maximum atomic E-state index is 12.4. The van der Waals surface area contributed by atoms with Gasteiger partial charge >= 0.3 is 0 Å². The Morgan fingerprint density at radius 3 is 2.38 bits per heavy atom. The van der Waals surface area contributed by atoms with Gasteiger partial charge in [0.15, 0.2) is 0 Å². The SMILES string of the molecule is CCCN(C(=O)C1CCCCC1)C(C)CC. The molecule has 0 aromatic carbocycles. The molecule has 0 bridgehead atoms. The van der Waals surface area contributed by atoms with Crippen LogP contribution >= 0.6 is 0 Å². The second kappa shape index (κ2) is 6.93. The lowest BCUT2D eigenvalue weighted by Gasteiger charge is -2.33. The van der Waals surface area contributed by atoms with Gasteiger partial charge in [-0.2, -0.15) is 0 Å². The normalized spacial score (nSPS) is 19.4. The van der Waals surface area contributed by atoms with Gasteiger partial charge in [0.05, 0.1) is 0 Å². The fourth-order valence-electron chi connectivity index (χ4n) is 2.59. The van der Waals surface area contributed by atoms with E-state index in [-0.39, 0.29) is 0 Å². The lowest BCUT2D eigenvalue weighted by Crippen LogP contribution is -2.43. The molecule has 94 valence electrons. The Balaban J connectivity index is 2.57. The molecule has 1 fully saturated rings. The zero-order chi connectivity index (χ0) is 12.0. The van der Waals surface area contributed by atoms with Gasteiger partial charge in [-0.25, -0.2) is 0 Å². The molecule has 0 aliphatic heterocycles. The molecule has 1 amide bonds. The van der Waals surface area contributed by atoms with Crippen molar-refractivity contribution in [1.82, 2.24) is 4.90 Å². The maximum absolute atomic E-state index is 12.4. The molecule has 1 saturated carbocycles. The molecule has 0 radical (unpaired) electrons. The number of hydrogen-bond donors (Lipinski definition) is 0. The third kappa shape index (κ3) is 3.50. The van der Waals surface area contributed by atoms with E-state index in [1.165, 1.54) is 19.3 Å². The van der Waals surface area contributed by atoms with E-state index in [1.807, 2.05) is 0 Å². The van der Waals surface area contributed by atoms with Gasteiger partial charge in [-0.05, 0) is 32.6 Å². The van der Waals surface area contributed by atoms with Crippen LogP contribution in [0.4, 0.5) is 0 Å². The third-order valence-corrected chi connectivity index (χ3v) is 3.82. The average molecular weight is 225 g/mol. The highest BCUT2D eigenvalue weighted by Gasteiger charge is 2.27. The predicted molar refractivity (Wildman–Crippen MR) is 68.3 cm³/mol. The Kier molecular flexibility index (Phi) is 5.86. The Morgan fingerprint density at radius 2 is 1.88 bits per heavy atom. The van der Waals surface area contributed by atoms with Gasteiger partial charge in [0.1, 0.15) is 0 Å². The van der Waals surface area contributed by atoms with Crippen molar-refractivity contribution in [1.29, 1.82) is 0 Å². The second-order valence-electron chi connectivity index (χ2n) is 5.12. The molecule has 2 nitrogen and oxygen atoms in total. The number of amides is 1. The highest BCUT2D eigenvalue weighted by molar-refractivity contribution is 5.79. The molecule has 16 heavy (non-hydrogen) atoms.